The highest BCUT2D eigenvalue weighted by Crippen LogP contribution is 2.44. The lowest BCUT2D eigenvalue weighted by atomic mass is 9.83. The lowest BCUT2D eigenvalue weighted by Crippen LogP contribution is -2.36. The van der Waals surface area contributed by atoms with Gasteiger partial charge < -0.3 is 19.9 Å². The van der Waals surface area contributed by atoms with E-state index in [1.165, 1.54) is 16.5 Å². The first-order valence-corrected chi connectivity index (χ1v) is 11.4. The number of hydrogen-bond donors (Lipinski definition) is 3. The lowest BCUT2D eigenvalue weighted by Gasteiger charge is -2.36. The van der Waals surface area contributed by atoms with E-state index in [1.807, 2.05) is 13.0 Å². The first-order valence-electron chi connectivity index (χ1n) is 11.4. The third kappa shape index (κ3) is 3.64. The lowest BCUT2D eigenvalue weighted by molar-refractivity contribution is -0.133. The predicted octanol–water partition coefficient (Wildman–Crippen LogP) is 5.29. The molecule has 4 rings (SSSR count). The second kappa shape index (κ2) is 8.29. The molecule has 1 aliphatic carbocycles. The van der Waals surface area contributed by atoms with Crippen molar-refractivity contribution < 1.29 is 19.7 Å². The summed E-state index contributed by atoms with van der Waals surface area (Å²) in [7, 11) is 0. The van der Waals surface area contributed by atoms with Crippen molar-refractivity contribution in [1.82, 2.24) is 4.98 Å². The number of rotatable bonds is 6. The van der Waals surface area contributed by atoms with E-state index in [9.17, 15) is 15.0 Å². The monoisotopic (exact) mass is 423 g/mol. The summed E-state index contributed by atoms with van der Waals surface area (Å²) in [5.74, 6) is -0.492. The van der Waals surface area contributed by atoms with E-state index >= 15 is 0 Å². The molecule has 0 bridgehead atoms. The van der Waals surface area contributed by atoms with Crippen LogP contribution in [0, 0.1) is 5.92 Å². The number of benzene rings is 1. The molecule has 5 heteroatoms. The molecule has 1 aliphatic heterocycles. The maximum atomic E-state index is 11.5. The first-order chi connectivity index (χ1) is 14.8. The normalized spacial score (nSPS) is 23.6. The highest BCUT2D eigenvalue weighted by Gasteiger charge is 2.39. The molecule has 0 saturated carbocycles. The second-order valence-corrected chi connectivity index (χ2v) is 9.27. The van der Waals surface area contributed by atoms with E-state index in [2.05, 4.69) is 37.9 Å². The average Bonchev–Trinajstić information content (AvgIpc) is 3.13. The first kappa shape index (κ1) is 21.8. The van der Waals surface area contributed by atoms with Crippen molar-refractivity contribution >= 4 is 22.4 Å². The third-order valence-corrected chi connectivity index (χ3v) is 7.09. The molecule has 0 fully saturated rings. The molecule has 0 radical (unpaired) electrons. The van der Waals surface area contributed by atoms with Crippen LogP contribution in [0.3, 0.4) is 0 Å². The van der Waals surface area contributed by atoms with E-state index in [0.29, 0.717) is 30.9 Å². The fourth-order valence-electron chi connectivity index (χ4n) is 5.21. The summed E-state index contributed by atoms with van der Waals surface area (Å²) < 4.78 is 6.25. The molecule has 0 amide bonds. The van der Waals surface area contributed by atoms with Crippen LogP contribution in [0.25, 0.3) is 16.5 Å². The zero-order chi connectivity index (χ0) is 22.3. The zero-order valence-electron chi connectivity index (χ0n) is 18.9. The van der Waals surface area contributed by atoms with Crippen LogP contribution in [-0.2, 0) is 21.6 Å². The van der Waals surface area contributed by atoms with Gasteiger partial charge in [-0.15, -0.1) is 0 Å². The fourth-order valence-corrected chi connectivity index (χ4v) is 5.21. The van der Waals surface area contributed by atoms with Crippen LogP contribution in [0.5, 0.6) is 0 Å². The maximum Gasteiger partial charge on any atom is 0.331 e. The third-order valence-electron chi connectivity index (χ3n) is 7.09. The van der Waals surface area contributed by atoms with Gasteiger partial charge in [0.15, 0.2) is 0 Å². The van der Waals surface area contributed by atoms with Crippen LogP contribution in [-0.4, -0.2) is 34.4 Å². The van der Waals surface area contributed by atoms with Gasteiger partial charge in [0.1, 0.15) is 5.60 Å². The van der Waals surface area contributed by atoms with Gasteiger partial charge in [-0.1, -0.05) is 39.8 Å². The molecule has 5 nitrogen and oxygen atoms in total. The van der Waals surface area contributed by atoms with Gasteiger partial charge in [-0.05, 0) is 59.9 Å². The molecule has 166 valence electrons. The minimum Gasteiger partial charge on any atom is -0.478 e. The van der Waals surface area contributed by atoms with Crippen molar-refractivity contribution in [2.75, 3.05) is 13.2 Å². The number of ether oxygens (including phenoxy) is 1. The molecule has 2 unspecified atom stereocenters. The molecule has 2 heterocycles. The number of H-pyrrole nitrogens is 1. The van der Waals surface area contributed by atoms with Crippen molar-refractivity contribution in [3.63, 3.8) is 0 Å². The molecule has 31 heavy (non-hydrogen) atoms. The molecule has 0 spiro atoms. The van der Waals surface area contributed by atoms with Crippen molar-refractivity contribution in [1.29, 1.82) is 0 Å². The summed E-state index contributed by atoms with van der Waals surface area (Å²) in [5, 5.41) is 20.4. The van der Waals surface area contributed by atoms with Crippen LogP contribution in [0.4, 0.5) is 0 Å². The number of carbonyl (C=O) groups is 1. The molecule has 0 saturated heterocycles. The maximum absolute atomic E-state index is 11.5. The van der Waals surface area contributed by atoms with Gasteiger partial charge in [-0.3, -0.25) is 0 Å². The summed E-state index contributed by atoms with van der Waals surface area (Å²) in [4.78, 5) is 15.2. The van der Waals surface area contributed by atoms with Gasteiger partial charge in [0.25, 0.3) is 0 Å². The van der Waals surface area contributed by atoms with Gasteiger partial charge in [0, 0.05) is 29.6 Å². The SMILES string of the molecule is CCC1(CCO)OCCc2c1[nH]c1c(C3=CC=C(C(=O)O)C(C)C3)cc(C(C)C)cc21. The number of nitrogens with one attached hydrogen (secondary N) is 1. The summed E-state index contributed by atoms with van der Waals surface area (Å²) in [6.45, 7) is 9.23. The van der Waals surface area contributed by atoms with E-state index in [4.69, 9.17) is 4.74 Å². The number of carboxylic acids is 1. The Morgan fingerprint density at radius 2 is 2.10 bits per heavy atom. The van der Waals surface area contributed by atoms with Crippen LogP contribution in [0.15, 0.2) is 29.9 Å². The Kier molecular flexibility index (Phi) is 5.84. The van der Waals surface area contributed by atoms with Gasteiger partial charge >= 0.3 is 5.97 Å². The minimum atomic E-state index is -0.840. The molecule has 3 N–H and O–H groups in total. The Morgan fingerprint density at radius 1 is 1.32 bits per heavy atom. The van der Waals surface area contributed by atoms with Crippen molar-refractivity contribution in [2.45, 2.75) is 64.9 Å². The molecular formula is C26H33NO4. The number of carboxylic acid groups (broad SMARTS) is 1. The molecule has 2 atom stereocenters. The number of aromatic amines is 1. The standard InChI is InChI=1S/C26H33NO4/c1-5-26(9-10-28)24-20(8-11-31-26)22-14-18(15(2)3)13-21(23(22)27-24)17-6-7-19(25(29)30)16(4)12-17/h6-7,13-16,27-28H,5,8-12H2,1-4H3,(H,29,30). The number of aliphatic hydroxyl groups excluding tert-OH is 1. The fraction of sp³-hybridized carbons (Fsp3) is 0.500. The van der Waals surface area contributed by atoms with Crippen molar-refractivity contribution in [2.24, 2.45) is 5.92 Å². The summed E-state index contributed by atoms with van der Waals surface area (Å²) >= 11 is 0. The second-order valence-electron chi connectivity index (χ2n) is 9.27. The van der Waals surface area contributed by atoms with Crippen LogP contribution in [0.2, 0.25) is 0 Å². The molecule has 2 aromatic rings. The number of fused-ring (bicyclic) bond motifs is 3. The van der Waals surface area contributed by atoms with E-state index in [-0.39, 0.29) is 12.5 Å². The number of aromatic nitrogens is 1. The molecular weight excluding hydrogens is 390 g/mol. The van der Waals surface area contributed by atoms with Gasteiger partial charge in [-0.2, -0.15) is 0 Å². The number of allylic oxidation sites excluding steroid dienone is 3. The molecule has 1 aromatic carbocycles. The van der Waals surface area contributed by atoms with Gasteiger partial charge in [-0.25, -0.2) is 4.79 Å². The smallest absolute Gasteiger partial charge is 0.331 e. The molecule has 1 aromatic heterocycles. The summed E-state index contributed by atoms with van der Waals surface area (Å²) in [6.07, 6.45) is 6.64. The van der Waals surface area contributed by atoms with E-state index < -0.39 is 11.6 Å². The topological polar surface area (TPSA) is 82.5 Å². The Balaban J connectivity index is 1.96. The van der Waals surface area contributed by atoms with Crippen LogP contribution >= 0.6 is 0 Å². The van der Waals surface area contributed by atoms with Crippen LogP contribution < -0.4 is 0 Å². The highest BCUT2D eigenvalue weighted by atomic mass is 16.5. The van der Waals surface area contributed by atoms with E-state index in [1.54, 1.807) is 6.08 Å². The quantitative estimate of drug-likeness (QED) is 0.590. The largest absolute Gasteiger partial charge is 0.478 e. The predicted molar refractivity (Wildman–Crippen MR) is 123 cm³/mol. The van der Waals surface area contributed by atoms with Gasteiger partial charge in [0.2, 0.25) is 0 Å². The molecule has 2 aliphatic rings. The van der Waals surface area contributed by atoms with Gasteiger partial charge in [0.05, 0.1) is 17.8 Å². The summed E-state index contributed by atoms with van der Waals surface area (Å²) in [6, 6.07) is 4.56. The summed E-state index contributed by atoms with van der Waals surface area (Å²) in [5.41, 5.74) is 7.06. The Labute approximate surface area is 183 Å². The van der Waals surface area contributed by atoms with Crippen molar-refractivity contribution in [3.05, 3.63) is 52.2 Å². The Hall–Kier alpha value is -2.37. The minimum absolute atomic E-state index is 0.0349. The number of aliphatic carboxylic acids is 1. The Bertz CT molecular complexity index is 1070. The van der Waals surface area contributed by atoms with E-state index in [0.717, 1.165) is 35.2 Å². The Morgan fingerprint density at radius 3 is 2.71 bits per heavy atom. The highest BCUT2D eigenvalue weighted by molar-refractivity contribution is 5.97. The average molecular weight is 424 g/mol. The van der Waals surface area contributed by atoms with Crippen LogP contribution in [0.1, 0.15) is 75.3 Å². The number of aliphatic hydroxyl groups is 1. The van der Waals surface area contributed by atoms with Crippen molar-refractivity contribution in [3.8, 4) is 0 Å². The number of hydrogen-bond acceptors (Lipinski definition) is 3. The zero-order valence-corrected chi connectivity index (χ0v) is 18.9.